The van der Waals surface area contributed by atoms with E-state index in [1.165, 1.54) is 6.07 Å². The van der Waals surface area contributed by atoms with Crippen molar-refractivity contribution in [2.75, 3.05) is 13.1 Å². The minimum absolute atomic E-state index is 0.144. The first-order chi connectivity index (χ1) is 12.7. The van der Waals surface area contributed by atoms with Gasteiger partial charge in [-0.3, -0.25) is 9.88 Å². The zero-order valence-corrected chi connectivity index (χ0v) is 15.2. The SMILES string of the molecule is Fc1ccc(Cl)cc1C(c1cccn1Cc1ccccn1)N1CCCC1. The summed E-state index contributed by atoms with van der Waals surface area (Å²) in [6.07, 6.45) is 6.11. The molecule has 26 heavy (non-hydrogen) atoms. The molecule has 0 saturated carbocycles. The molecule has 1 aliphatic heterocycles. The predicted octanol–water partition coefficient (Wildman–Crippen LogP) is 4.91. The minimum Gasteiger partial charge on any atom is -0.344 e. The van der Waals surface area contributed by atoms with Gasteiger partial charge in [-0.2, -0.15) is 0 Å². The lowest BCUT2D eigenvalue weighted by molar-refractivity contribution is 0.266. The van der Waals surface area contributed by atoms with Crippen molar-refractivity contribution in [3.63, 3.8) is 0 Å². The van der Waals surface area contributed by atoms with E-state index in [-0.39, 0.29) is 11.9 Å². The number of hydrogen-bond donors (Lipinski definition) is 0. The number of aromatic nitrogens is 2. The Morgan fingerprint density at radius 1 is 1.08 bits per heavy atom. The second-order valence-corrected chi connectivity index (χ2v) is 7.13. The third-order valence-electron chi connectivity index (χ3n) is 4.96. The second-order valence-electron chi connectivity index (χ2n) is 6.69. The van der Waals surface area contributed by atoms with Crippen molar-refractivity contribution < 1.29 is 4.39 Å². The van der Waals surface area contributed by atoms with Gasteiger partial charge < -0.3 is 4.57 Å². The van der Waals surface area contributed by atoms with Gasteiger partial charge in [0, 0.05) is 28.7 Å². The molecule has 1 aromatic carbocycles. The van der Waals surface area contributed by atoms with Crippen LogP contribution >= 0.6 is 11.6 Å². The molecule has 4 rings (SSSR count). The average molecular weight is 370 g/mol. The predicted molar refractivity (Wildman–Crippen MR) is 102 cm³/mol. The number of halogens is 2. The number of hydrogen-bond acceptors (Lipinski definition) is 2. The van der Waals surface area contributed by atoms with E-state index in [0.717, 1.165) is 37.3 Å². The van der Waals surface area contributed by atoms with Crippen molar-refractivity contribution >= 4 is 11.6 Å². The van der Waals surface area contributed by atoms with Gasteiger partial charge in [-0.1, -0.05) is 17.7 Å². The molecule has 1 unspecified atom stereocenters. The molecule has 0 amide bonds. The van der Waals surface area contributed by atoms with Gasteiger partial charge in [0.05, 0.1) is 18.3 Å². The van der Waals surface area contributed by atoms with Crippen LogP contribution in [0.3, 0.4) is 0 Å². The normalized spacial score (nSPS) is 16.1. The summed E-state index contributed by atoms with van der Waals surface area (Å²) < 4.78 is 16.9. The van der Waals surface area contributed by atoms with Crippen molar-refractivity contribution in [1.82, 2.24) is 14.5 Å². The van der Waals surface area contributed by atoms with E-state index < -0.39 is 0 Å². The van der Waals surface area contributed by atoms with Crippen LogP contribution in [0.2, 0.25) is 5.02 Å². The molecule has 0 N–H and O–H groups in total. The van der Waals surface area contributed by atoms with Crippen LogP contribution in [0.4, 0.5) is 4.39 Å². The summed E-state index contributed by atoms with van der Waals surface area (Å²) in [6, 6.07) is 14.7. The number of nitrogens with zero attached hydrogens (tertiary/aromatic N) is 3. The van der Waals surface area contributed by atoms with Gasteiger partial charge in [0.2, 0.25) is 0 Å². The highest BCUT2D eigenvalue weighted by Crippen LogP contribution is 2.34. The zero-order valence-electron chi connectivity index (χ0n) is 14.5. The molecule has 1 aliphatic rings. The monoisotopic (exact) mass is 369 g/mol. The maximum atomic E-state index is 14.7. The van der Waals surface area contributed by atoms with Gasteiger partial charge in [-0.05, 0) is 68.4 Å². The summed E-state index contributed by atoms with van der Waals surface area (Å²) in [5, 5.41) is 0.563. The molecular formula is C21H21ClFN3. The molecule has 0 bridgehead atoms. The van der Waals surface area contributed by atoms with E-state index in [4.69, 9.17) is 11.6 Å². The topological polar surface area (TPSA) is 21.1 Å². The molecule has 1 saturated heterocycles. The first-order valence-corrected chi connectivity index (χ1v) is 9.34. The Hall–Kier alpha value is -2.17. The molecule has 1 fully saturated rings. The van der Waals surface area contributed by atoms with E-state index in [2.05, 4.69) is 20.5 Å². The maximum Gasteiger partial charge on any atom is 0.128 e. The van der Waals surface area contributed by atoms with Gasteiger partial charge in [0.1, 0.15) is 5.82 Å². The highest BCUT2D eigenvalue weighted by atomic mass is 35.5. The first-order valence-electron chi connectivity index (χ1n) is 8.96. The molecule has 1 atom stereocenters. The highest BCUT2D eigenvalue weighted by Gasteiger charge is 2.29. The molecule has 134 valence electrons. The van der Waals surface area contributed by atoms with E-state index in [1.54, 1.807) is 18.3 Å². The lowest BCUT2D eigenvalue weighted by Gasteiger charge is -2.29. The van der Waals surface area contributed by atoms with Gasteiger partial charge in [-0.15, -0.1) is 0 Å². The maximum absolute atomic E-state index is 14.7. The molecule has 0 aliphatic carbocycles. The van der Waals surface area contributed by atoms with Crippen molar-refractivity contribution in [2.24, 2.45) is 0 Å². The van der Waals surface area contributed by atoms with Crippen molar-refractivity contribution in [3.8, 4) is 0 Å². The Morgan fingerprint density at radius 2 is 1.92 bits per heavy atom. The molecule has 0 radical (unpaired) electrons. The molecular weight excluding hydrogens is 349 g/mol. The third kappa shape index (κ3) is 3.53. The fourth-order valence-electron chi connectivity index (χ4n) is 3.75. The van der Waals surface area contributed by atoms with Crippen LogP contribution < -0.4 is 0 Å². The molecule has 3 aromatic rings. The lowest BCUT2D eigenvalue weighted by atomic mass is 10.0. The largest absolute Gasteiger partial charge is 0.344 e. The number of likely N-dealkylation sites (tertiary alicyclic amines) is 1. The summed E-state index contributed by atoms with van der Waals surface area (Å²) >= 11 is 6.20. The van der Waals surface area contributed by atoms with Crippen LogP contribution in [-0.4, -0.2) is 27.5 Å². The van der Waals surface area contributed by atoms with Gasteiger partial charge in [-0.25, -0.2) is 4.39 Å². The van der Waals surface area contributed by atoms with Crippen LogP contribution in [0.5, 0.6) is 0 Å². The number of benzene rings is 1. The van der Waals surface area contributed by atoms with Gasteiger partial charge >= 0.3 is 0 Å². The summed E-state index contributed by atoms with van der Waals surface area (Å²) in [6.45, 7) is 2.59. The highest BCUT2D eigenvalue weighted by molar-refractivity contribution is 6.30. The van der Waals surface area contributed by atoms with Crippen LogP contribution in [0.1, 0.15) is 35.8 Å². The van der Waals surface area contributed by atoms with E-state index >= 15 is 0 Å². The summed E-state index contributed by atoms with van der Waals surface area (Å²) in [7, 11) is 0. The smallest absolute Gasteiger partial charge is 0.128 e. The summed E-state index contributed by atoms with van der Waals surface area (Å²) in [5.41, 5.74) is 2.69. The Balaban J connectivity index is 1.76. The van der Waals surface area contributed by atoms with Crippen molar-refractivity contribution in [3.05, 3.63) is 88.7 Å². The fraction of sp³-hybridized carbons (Fsp3) is 0.286. The lowest BCUT2D eigenvalue weighted by Crippen LogP contribution is -2.29. The zero-order chi connectivity index (χ0) is 17.9. The Labute approximate surface area is 158 Å². The fourth-order valence-corrected chi connectivity index (χ4v) is 3.93. The Kier molecular flexibility index (Phi) is 5.05. The van der Waals surface area contributed by atoms with E-state index in [1.807, 2.05) is 30.5 Å². The van der Waals surface area contributed by atoms with Crippen LogP contribution in [-0.2, 0) is 6.54 Å². The van der Waals surface area contributed by atoms with E-state index in [0.29, 0.717) is 17.1 Å². The minimum atomic E-state index is -0.211. The summed E-state index contributed by atoms with van der Waals surface area (Å²) in [4.78, 5) is 6.77. The molecule has 2 aromatic heterocycles. The second kappa shape index (κ2) is 7.60. The van der Waals surface area contributed by atoms with E-state index in [9.17, 15) is 4.39 Å². The molecule has 5 heteroatoms. The standard InChI is InChI=1S/C21H21ClFN3/c22-16-8-9-19(23)18(14-16)21(25-11-3-4-12-25)20-7-5-13-26(20)15-17-6-1-2-10-24-17/h1-2,5-10,13-14,21H,3-4,11-12,15H2. The quantitative estimate of drug-likeness (QED) is 0.637. The third-order valence-corrected chi connectivity index (χ3v) is 5.20. The van der Waals surface area contributed by atoms with Gasteiger partial charge in [0.25, 0.3) is 0 Å². The molecule has 3 nitrogen and oxygen atoms in total. The van der Waals surface area contributed by atoms with Crippen LogP contribution in [0.25, 0.3) is 0 Å². The van der Waals surface area contributed by atoms with Crippen LogP contribution in [0, 0.1) is 5.82 Å². The Morgan fingerprint density at radius 3 is 2.69 bits per heavy atom. The number of pyridine rings is 1. The number of rotatable bonds is 5. The molecule has 3 heterocycles. The van der Waals surface area contributed by atoms with Crippen molar-refractivity contribution in [1.29, 1.82) is 0 Å². The van der Waals surface area contributed by atoms with Crippen molar-refractivity contribution in [2.45, 2.75) is 25.4 Å². The average Bonchev–Trinajstić information content (AvgIpc) is 3.32. The first kappa shape index (κ1) is 17.3. The van der Waals surface area contributed by atoms with Crippen LogP contribution in [0.15, 0.2) is 60.9 Å². The molecule has 0 spiro atoms. The Bertz CT molecular complexity index is 872. The van der Waals surface area contributed by atoms with Gasteiger partial charge in [0.15, 0.2) is 0 Å². The summed E-state index contributed by atoms with van der Waals surface area (Å²) in [5.74, 6) is -0.211.